The monoisotopic (exact) mass is 344 g/mol. The normalized spacial score (nSPS) is 16.7. The number of likely N-dealkylation sites (tertiary alicyclic amines) is 1. The van der Waals surface area contributed by atoms with E-state index in [1.165, 1.54) is 18.4 Å². The highest BCUT2D eigenvalue weighted by molar-refractivity contribution is 5.98. The highest BCUT2D eigenvalue weighted by Gasteiger charge is 2.24. The van der Waals surface area contributed by atoms with Gasteiger partial charge in [0.25, 0.3) is 0 Å². The van der Waals surface area contributed by atoms with Crippen molar-refractivity contribution in [3.8, 4) is 0 Å². The maximum absolute atomic E-state index is 12.3. The Morgan fingerprint density at radius 1 is 1.16 bits per heavy atom. The number of carbonyl (C=O) groups is 2. The van der Waals surface area contributed by atoms with Crippen LogP contribution in [0.1, 0.15) is 68.3 Å². The quantitative estimate of drug-likeness (QED) is 0.733. The average molecular weight is 344 g/mol. The number of unbranched alkanes of at least 4 members (excludes halogenated alkanes) is 1. The minimum Gasteiger partial charge on any atom is -0.343 e. The summed E-state index contributed by atoms with van der Waals surface area (Å²) in [6.45, 7) is 5.75. The van der Waals surface area contributed by atoms with E-state index in [9.17, 15) is 9.59 Å². The van der Waals surface area contributed by atoms with E-state index in [1.54, 1.807) is 0 Å². The van der Waals surface area contributed by atoms with Crippen LogP contribution in [0.5, 0.6) is 0 Å². The number of aryl methyl sites for hydroxylation is 1. The predicted octanol–water partition coefficient (Wildman–Crippen LogP) is 3.58. The zero-order valence-corrected chi connectivity index (χ0v) is 15.7. The van der Waals surface area contributed by atoms with Gasteiger partial charge in [-0.05, 0) is 44.1 Å². The molecule has 25 heavy (non-hydrogen) atoms. The molecular formula is C21H32N2O2. The molecule has 138 valence electrons. The standard InChI is InChI=1S/C21H32N2O2/c1-3-4-5-17-6-8-19(9-7-17)20(24)10-11-21(25)23-14-12-18(13-15-23)16(2)22/h6-9,16,18H,3-5,10-15,22H2,1-2H3. The van der Waals surface area contributed by atoms with Crippen LogP contribution in [0.25, 0.3) is 0 Å². The second-order valence-electron chi connectivity index (χ2n) is 7.30. The molecule has 1 heterocycles. The van der Waals surface area contributed by atoms with Crippen molar-refractivity contribution >= 4 is 11.7 Å². The molecule has 1 unspecified atom stereocenters. The maximum atomic E-state index is 12.3. The summed E-state index contributed by atoms with van der Waals surface area (Å²) in [7, 11) is 0. The van der Waals surface area contributed by atoms with Crippen LogP contribution < -0.4 is 5.73 Å². The molecule has 1 fully saturated rings. The summed E-state index contributed by atoms with van der Waals surface area (Å²) >= 11 is 0. The Kier molecular flexibility index (Phi) is 7.63. The fraction of sp³-hybridized carbons (Fsp3) is 0.619. The van der Waals surface area contributed by atoms with E-state index < -0.39 is 0 Å². The number of piperidine rings is 1. The predicted molar refractivity (Wildman–Crippen MR) is 102 cm³/mol. The first-order valence-corrected chi connectivity index (χ1v) is 9.66. The second kappa shape index (κ2) is 9.71. The topological polar surface area (TPSA) is 63.4 Å². The summed E-state index contributed by atoms with van der Waals surface area (Å²) in [4.78, 5) is 26.5. The van der Waals surface area contributed by atoms with Crippen molar-refractivity contribution in [2.24, 2.45) is 11.7 Å². The lowest BCUT2D eigenvalue weighted by atomic mass is 9.91. The Morgan fingerprint density at radius 3 is 2.36 bits per heavy atom. The minimum absolute atomic E-state index is 0.0563. The van der Waals surface area contributed by atoms with Gasteiger partial charge in [-0.1, -0.05) is 37.6 Å². The first kappa shape index (κ1) is 19.6. The number of Topliss-reactive ketones (excluding diaryl/α,β-unsaturated/α-hetero) is 1. The van der Waals surface area contributed by atoms with Crippen molar-refractivity contribution in [1.29, 1.82) is 0 Å². The zero-order valence-electron chi connectivity index (χ0n) is 15.7. The Balaban J connectivity index is 1.76. The average Bonchev–Trinajstić information content (AvgIpc) is 2.64. The van der Waals surface area contributed by atoms with Gasteiger partial charge >= 0.3 is 0 Å². The first-order valence-electron chi connectivity index (χ1n) is 9.66. The molecule has 1 amide bonds. The molecule has 1 aromatic rings. The molecule has 1 atom stereocenters. The van der Waals surface area contributed by atoms with Crippen LogP contribution in [0, 0.1) is 5.92 Å². The number of benzene rings is 1. The van der Waals surface area contributed by atoms with Gasteiger partial charge in [-0.2, -0.15) is 0 Å². The number of rotatable bonds is 8. The molecule has 2 rings (SSSR count). The Morgan fingerprint density at radius 2 is 1.80 bits per heavy atom. The highest BCUT2D eigenvalue weighted by Crippen LogP contribution is 2.20. The lowest BCUT2D eigenvalue weighted by Gasteiger charge is -2.33. The van der Waals surface area contributed by atoms with Gasteiger partial charge in [0.05, 0.1) is 0 Å². The molecule has 0 radical (unpaired) electrons. The summed E-state index contributed by atoms with van der Waals surface area (Å²) in [6, 6.07) is 8.05. The van der Waals surface area contributed by atoms with Crippen LogP contribution >= 0.6 is 0 Å². The number of hydrogen-bond donors (Lipinski definition) is 1. The van der Waals surface area contributed by atoms with Gasteiger partial charge in [0.1, 0.15) is 0 Å². The van der Waals surface area contributed by atoms with Gasteiger partial charge in [-0.3, -0.25) is 9.59 Å². The molecule has 4 nitrogen and oxygen atoms in total. The first-order chi connectivity index (χ1) is 12.0. The fourth-order valence-corrected chi connectivity index (χ4v) is 3.44. The highest BCUT2D eigenvalue weighted by atomic mass is 16.2. The number of amides is 1. The third kappa shape index (κ3) is 5.96. The summed E-state index contributed by atoms with van der Waals surface area (Å²) in [5.41, 5.74) is 7.92. The van der Waals surface area contributed by atoms with Crippen LogP contribution in [0.2, 0.25) is 0 Å². The van der Waals surface area contributed by atoms with E-state index in [4.69, 9.17) is 5.73 Å². The number of nitrogens with zero attached hydrogens (tertiary/aromatic N) is 1. The van der Waals surface area contributed by atoms with E-state index >= 15 is 0 Å². The van der Waals surface area contributed by atoms with Crippen LogP contribution in [-0.2, 0) is 11.2 Å². The van der Waals surface area contributed by atoms with E-state index in [2.05, 4.69) is 6.92 Å². The van der Waals surface area contributed by atoms with Crippen molar-refractivity contribution in [3.05, 3.63) is 35.4 Å². The Labute approximate surface area is 151 Å². The van der Waals surface area contributed by atoms with Crippen molar-refractivity contribution in [2.75, 3.05) is 13.1 Å². The van der Waals surface area contributed by atoms with Gasteiger partial charge in [-0.15, -0.1) is 0 Å². The largest absolute Gasteiger partial charge is 0.343 e. The van der Waals surface area contributed by atoms with Gasteiger partial charge in [0, 0.05) is 37.5 Å². The zero-order chi connectivity index (χ0) is 18.2. The van der Waals surface area contributed by atoms with Crippen molar-refractivity contribution in [1.82, 2.24) is 4.90 Å². The number of hydrogen-bond acceptors (Lipinski definition) is 3. The molecule has 0 bridgehead atoms. The van der Waals surface area contributed by atoms with Gasteiger partial charge in [-0.25, -0.2) is 0 Å². The smallest absolute Gasteiger partial charge is 0.223 e. The molecule has 0 spiro atoms. The third-order valence-corrected chi connectivity index (χ3v) is 5.30. The van der Waals surface area contributed by atoms with Crippen LogP contribution in [0.15, 0.2) is 24.3 Å². The van der Waals surface area contributed by atoms with E-state index in [1.807, 2.05) is 36.1 Å². The number of ketones is 1. The van der Waals surface area contributed by atoms with E-state index in [0.29, 0.717) is 24.3 Å². The minimum atomic E-state index is 0.0563. The Bertz CT molecular complexity index is 558. The molecule has 2 N–H and O–H groups in total. The van der Waals surface area contributed by atoms with Crippen molar-refractivity contribution < 1.29 is 9.59 Å². The molecule has 0 saturated carbocycles. The summed E-state index contributed by atoms with van der Waals surface area (Å²) in [5, 5.41) is 0. The molecule has 0 aliphatic carbocycles. The second-order valence-corrected chi connectivity index (χ2v) is 7.30. The van der Waals surface area contributed by atoms with E-state index in [-0.39, 0.29) is 17.7 Å². The third-order valence-electron chi connectivity index (χ3n) is 5.30. The molecule has 0 aromatic heterocycles. The molecule has 4 heteroatoms. The van der Waals surface area contributed by atoms with Gasteiger partial charge < -0.3 is 10.6 Å². The molecule has 1 aliphatic heterocycles. The summed E-state index contributed by atoms with van der Waals surface area (Å²) in [6.07, 6.45) is 5.93. The summed E-state index contributed by atoms with van der Waals surface area (Å²) < 4.78 is 0. The lowest BCUT2D eigenvalue weighted by molar-refractivity contribution is -0.132. The summed E-state index contributed by atoms with van der Waals surface area (Å²) in [5.74, 6) is 0.661. The van der Waals surface area contributed by atoms with E-state index in [0.717, 1.165) is 32.4 Å². The maximum Gasteiger partial charge on any atom is 0.223 e. The van der Waals surface area contributed by atoms with Crippen molar-refractivity contribution in [3.63, 3.8) is 0 Å². The molecule has 1 saturated heterocycles. The molecule has 1 aromatic carbocycles. The molecular weight excluding hydrogens is 312 g/mol. The number of nitrogens with two attached hydrogens (primary N) is 1. The number of carbonyl (C=O) groups excluding carboxylic acids is 2. The SMILES string of the molecule is CCCCc1ccc(C(=O)CCC(=O)N2CCC(C(C)N)CC2)cc1. The fourth-order valence-electron chi connectivity index (χ4n) is 3.44. The molecule has 1 aliphatic rings. The van der Waals surface area contributed by atoms with Crippen LogP contribution in [0.4, 0.5) is 0 Å². The lowest BCUT2D eigenvalue weighted by Crippen LogP contribution is -2.42. The van der Waals surface area contributed by atoms with Gasteiger partial charge in [0.15, 0.2) is 5.78 Å². The van der Waals surface area contributed by atoms with Crippen LogP contribution in [-0.4, -0.2) is 35.7 Å². The van der Waals surface area contributed by atoms with Gasteiger partial charge in [0.2, 0.25) is 5.91 Å². The Hall–Kier alpha value is -1.68. The van der Waals surface area contributed by atoms with Crippen LogP contribution in [0.3, 0.4) is 0 Å². The van der Waals surface area contributed by atoms with Crippen molar-refractivity contribution in [2.45, 2.75) is 64.8 Å².